The fourth-order valence-electron chi connectivity index (χ4n) is 3.46. The van der Waals surface area contributed by atoms with Crippen LogP contribution in [0.1, 0.15) is 105 Å². The highest BCUT2D eigenvalue weighted by Gasteiger charge is 2.11. The van der Waals surface area contributed by atoms with Crippen LogP contribution in [-0.2, 0) is 6.42 Å². The largest absolute Gasteiger partial charge is 0.145 e. The summed E-state index contributed by atoms with van der Waals surface area (Å²) in [6.07, 6.45) is 12.4. The van der Waals surface area contributed by atoms with Gasteiger partial charge in [-0.3, -0.25) is 0 Å². The molecule has 2 rings (SSSR count). The predicted octanol–water partition coefficient (Wildman–Crippen LogP) is 9.53. The molecule has 0 saturated heterocycles. The van der Waals surface area contributed by atoms with Crippen molar-refractivity contribution in [2.45, 2.75) is 91.9 Å². The lowest BCUT2D eigenvalue weighted by atomic mass is 9.93. The summed E-state index contributed by atoms with van der Waals surface area (Å²) < 4.78 is 0. The van der Waals surface area contributed by atoms with E-state index in [2.05, 4.69) is 78.0 Å². The first-order valence-electron chi connectivity index (χ1n) is 11.2. The Morgan fingerprint density at radius 2 is 1.57 bits per heavy atom. The minimum atomic E-state index is 0.669. The average molecular weight is 417 g/mol. The Kier molecular flexibility index (Phi) is 10.0. The van der Waals surface area contributed by atoms with Gasteiger partial charge in [0, 0.05) is 19.5 Å². The molecule has 0 aliphatic rings. The van der Waals surface area contributed by atoms with E-state index in [1.165, 1.54) is 48.3 Å². The van der Waals surface area contributed by atoms with E-state index < -0.39 is 0 Å². The molecule has 0 amide bonds. The maximum absolute atomic E-state index is 2.44. The third kappa shape index (κ3) is 8.25. The molecular formula is C26H40S2. The van der Waals surface area contributed by atoms with Crippen molar-refractivity contribution in [2.24, 2.45) is 11.8 Å². The SMILES string of the molecule is CC(C)C/C=C\c1ccc(C(C)CCC(C)CCCc2ccc(C(C)C)s2)s1. The molecule has 2 atom stereocenters. The first kappa shape index (κ1) is 23.4. The zero-order chi connectivity index (χ0) is 20.5. The first-order chi connectivity index (χ1) is 13.3. The van der Waals surface area contributed by atoms with Gasteiger partial charge in [0.05, 0.1) is 0 Å². The second kappa shape index (κ2) is 12.0. The van der Waals surface area contributed by atoms with E-state index in [9.17, 15) is 0 Å². The van der Waals surface area contributed by atoms with Gasteiger partial charge in [0.1, 0.15) is 0 Å². The van der Waals surface area contributed by atoms with Crippen LogP contribution in [0, 0.1) is 11.8 Å². The number of allylic oxidation sites excluding steroid dienone is 1. The third-order valence-corrected chi connectivity index (χ3v) is 8.21. The van der Waals surface area contributed by atoms with Crippen molar-refractivity contribution in [3.05, 3.63) is 49.9 Å². The van der Waals surface area contributed by atoms with E-state index in [-0.39, 0.29) is 0 Å². The Morgan fingerprint density at radius 3 is 2.25 bits per heavy atom. The standard InChI is InChI=1S/C26H40S2/c1-19(2)9-7-11-24-16-18-26(28-24)22(6)14-13-21(5)10-8-12-23-15-17-25(27-23)20(3)4/h7,11,15-22H,8-10,12-14H2,1-6H3/b11-7-. The van der Waals surface area contributed by atoms with Gasteiger partial charge in [-0.05, 0) is 79.7 Å². The molecule has 0 radical (unpaired) electrons. The molecule has 2 aromatic heterocycles. The molecule has 0 aromatic carbocycles. The second-order valence-corrected chi connectivity index (χ2v) is 11.6. The van der Waals surface area contributed by atoms with Crippen LogP contribution < -0.4 is 0 Å². The van der Waals surface area contributed by atoms with Gasteiger partial charge >= 0.3 is 0 Å². The molecule has 0 fully saturated rings. The third-order valence-electron chi connectivity index (χ3n) is 5.49. The molecule has 156 valence electrons. The molecule has 2 heteroatoms. The van der Waals surface area contributed by atoms with Crippen molar-refractivity contribution >= 4 is 28.7 Å². The van der Waals surface area contributed by atoms with Crippen LogP contribution in [0.5, 0.6) is 0 Å². The summed E-state index contributed by atoms with van der Waals surface area (Å²) in [5.41, 5.74) is 0. The van der Waals surface area contributed by atoms with Crippen LogP contribution >= 0.6 is 22.7 Å². The van der Waals surface area contributed by atoms with Crippen molar-refractivity contribution in [3.8, 4) is 0 Å². The number of rotatable bonds is 12. The van der Waals surface area contributed by atoms with Gasteiger partial charge in [0.15, 0.2) is 0 Å². The topological polar surface area (TPSA) is 0 Å². The van der Waals surface area contributed by atoms with Gasteiger partial charge in [-0.2, -0.15) is 0 Å². The summed E-state index contributed by atoms with van der Waals surface area (Å²) in [6.45, 7) is 14.0. The lowest BCUT2D eigenvalue weighted by Gasteiger charge is -2.14. The molecule has 28 heavy (non-hydrogen) atoms. The smallest absolute Gasteiger partial charge is 0.0270 e. The summed E-state index contributed by atoms with van der Waals surface area (Å²) in [4.78, 5) is 6.07. The fourth-order valence-corrected chi connectivity index (χ4v) is 5.55. The molecule has 0 saturated carbocycles. The Hall–Kier alpha value is -0.860. The summed E-state index contributed by atoms with van der Waals surface area (Å²) in [5.74, 6) is 2.93. The number of aryl methyl sites for hydroxylation is 1. The molecule has 0 aliphatic carbocycles. The molecule has 0 bridgehead atoms. The van der Waals surface area contributed by atoms with Gasteiger partial charge in [0.2, 0.25) is 0 Å². The van der Waals surface area contributed by atoms with Crippen LogP contribution in [0.3, 0.4) is 0 Å². The number of thiophene rings is 2. The van der Waals surface area contributed by atoms with Crippen LogP contribution in [0.25, 0.3) is 6.08 Å². The molecule has 2 heterocycles. The van der Waals surface area contributed by atoms with Gasteiger partial charge in [-0.25, -0.2) is 0 Å². The highest BCUT2D eigenvalue weighted by atomic mass is 32.1. The summed E-state index contributed by atoms with van der Waals surface area (Å²) >= 11 is 3.99. The van der Waals surface area contributed by atoms with Crippen molar-refractivity contribution in [1.82, 2.24) is 0 Å². The fraction of sp³-hybridized carbons (Fsp3) is 0.615. The van der Waals surface area contributed by atoms with E-state index in [0.29, 0.717) is 11.8 Å². The monoisotopic (exact) mass is 416 g/mol. The van der Waals surface area contributed by atoms with E-state index in [0.717, 1.165) is 11.8 Å². The quantitative estimate of drug-likeness (QED) is 0.323. The summed E-state index contributed by atoms with van der Waals surface area (Å²) in [6, 6.07) is 9.31. The van der Waals surface area contributed by atoms with Gasteiger partial charge < -0.3 is 0 Å². The number of hydrogen-bond acceptors (Lipinski definition) is 2. The average Bonchev–Trinajstić information content (AvgIpc) is 3.29. The van der Waals surface area contributed by atoms with Crippen LogP contribution in [0.15, 0.2) is 30.3 Å². The van der Waals surface area contributed by atoms with Crippen LogP contribution in [0.4, 0.5) is 0 Å². The van der Waals surface area contributed by atoms with E-state index in [4.69, 9.17) is 0 Å². The Morgan fingerprint density at radius 1 is 0.821 bits per heavy atom. The van der Waals surface area contributed by atoms with E-state index in [1.807, 2.05) is 22.7 Å². The maximum Gasteiger partial charge on any atom is 0.0270 e. The minimum absolute atomic E-state index is 0.669. The zero-order valence-electron chi connectivity index (χ0n) is 18.8. The van der Waals surface area contributed by atoms with Crippen molar-refractivity contribution in [1.29, 1.82) is 0 Å². The van der Waals surface area contributed by atoms with Crippen molar-refractivity contribution < 1.29 is 0 Å². The summed E-state index contributed by atoms with van der Waals surface area (Å²) in [5, 5.41) is 0. The lowest BCUT2D eigenvalue weighted by Crippen LogP contribution is -1.99. The highest BCUT2D eigenvalue weighted by Crippen LogP contribution is 2.31. The Bertz CT molecular complexity index is 702. The molecule has 2 aromatic rings. The van der Waals surface area contributed by atoms with E-state index in [1.54, 1.807) is 9.75 Å². The normalized spacial score (nSPS) is 14.4. The van der Waals surface area contributed by atoms with Gasteiger partial charge in [-0.1, -0.05) is 60.5 Å². The van der Waals surface area contributed by atoms with Gasteiger partial charge in [-0.15, -0.1) is 22.7 Å². The van der Waals surface area contributed by atoms with E-state index >= 15 is 0 Å². The molecule has 0 nitrogen and oxygen atoms in total. The minimum Gasteiger partial charge on any atom is -0.145 e. The zero-order valence-corrected chi connectivity index (χ0v) is 20.5. The molecule has 0 aliphatic heterocycles. The van der Waals surface area contributed by atoms with Crippen molar-refractivity contribution in [3.63, 3.8) is 0 Å². The molecule has 0 N–H and O–H groups in total. The molecule has 2 unspecified atom stereocenters. The summed E-state index contributed by atoms with van der Waals surface area (Å²) in [7, 11) is 0. The Balaban J connectivity index is 1.68. The van der Waals surface area contributed by atoms with Crippen molar-refractivity contribution in [2.75, 3.05) is 0 Å². The second-order valence-electron chi connectivity index (χ2n) is 9.21. The molecule has 0 spiro atoms. The van der Waals surface area contributed by atoms with Gasteiger partial charge in [0.25, 0.3) is 0 Å². The predicted molar refractivity (Wildman–Crippen MR) is 131 cm³/mol. The van der Waals surface area contributed by atoms with Crippen LogP contribution in [-0.4, -0.2) is 0 Å². The maximum atomic E-state index is 2.44. The lowest BCUT2D eigenvalue weighted by molar-refractivity contribution is 0.443. The number of hydrogen-bond donors (Lipinski definition) is 0. The highest BCUT2D eigenvalue weighted by molar-refractivity contribution is 7.13. The Labute approximate surface area is 182 Å². The molecular weight excluding hydrogens is 376 g/mol. The van der Waals surface area contributed by atoms with Crippen LogP contribution in [0.2, 0.25) is 0 Å². The first-order valence-corrected chi connectivity index (χ1v) is 12.8.